The lowest BCUT2D eigenvalue weighted by Gasteiger charge is -2.24. The zero-order valence-electron chi connectivity index (χ0n) is 13.0. The summed E-state index contributed by atoms with van der Waals surface area (Å²) in [5.41, 5.74) is -1.07. The molecule has 0 spiro atoms. The van der Waals surface area contributed by atoms with Crippen molar-refractivity contribution in [2.75, 3.05) is 6.54 Å². The minimum absolute atomic E-state index is 0.0526. The van der Waals surface area contributed by atoms with Gasteiger partial charge >= 0.3 is 6.03 Å². The van der Waals surface area contributed by atoms with Gasteiger partial charge in [-0.05, 0) is 40.5 Å². The third-order valence-corrected chi connectivity index (χ3v) is 3.59. The summed E-state index contributed by atoms with van der Waals surface area (Å²) in [5, 5.41) is 5.54. The van der Waals surface area contributed by atoms with Crippen molar-refractivity contribution in [1.29, 1.82) is 0 Å². The number of amides is 4. The Morgan fingerprint density at radius 3 is 2.40 bits per heavy atom. The normalized spacial score (nSPS) is 18.1. The first-order valence-corrected chi connectivity index (χ1v) is 7.04. The fraction of sp³-hybridized carbons (Fsp3) is 0.786. The van der Waals surface area contributed by atoms with Crippen LogP contribution in [-0.4, -0.2) is 40.4 Å². The lowest BCUT2D eigenvalue weighted by molar-refractivity contribution is -0.130. The van der Waals surface area contributed by atoms with Gasteiger partial charge in [0.2, 0.25) is 5.91 Å². The van der Waals surface area contributed by atoms with E-state index in [-0.39, 0.29) is 29.9 Å². The molecule has 0 atom stereocenters. The van der Waals surface area contributed by atoms with Crippen LogP contribution in [0.4, 0.5) is 4.79 Å². The van der Waals surface area contributed by atoms with Crippen molar-refractivity contribution in [3.05, 3.63) is 0 Å². The van der Waals surface area contributed by atoms with Gasteiger partial charge < -0.3 is 10.6 Å². The van der Waals surface area contributed by atoms with E-state index in [0.29, 0.717) is 12.8 Å². The molecule has 1 rings (SSSR count). The van der Waals surface area contributed by atoms with E-state index in [9.17, 15) is 14.4 Å². The lowest BCUT2D eigenvalue weighted by Crippen LogP contribution is -2.43. The molecule has 0 aromatic carbocycles. The number of carbonyl (C=O) groups excluding carboxylic acids is 3. The molecule has 0 saturated carbocycles. The Labute approximate surface area is 120 Å². The van der Waals surface area contributed by atoms with Crippen molar-refractivity contribution in [2.24, 2.45) is 0 Å². The van der Waals surface area contributed by atoms with E-state index in [1.165, 1.54) is 4.90 Å². The highest BCUT2D eigenvalue weighted by Gasteiger charge is 2.43. The first-order valence-electron chi connectivity index (χ1n) is 7.04. The van der Waals surface area contributed by atoms with Crippen molar-refractivity contribution in [1.82, 2.24) is 15.5 Å². The third-order valence-electron chi connectivity index (χ3n) is 3.59. The van der Waals surface area contributed by atoms with Gasteiger partial charge in [-0.15, -0.1) is 0 Å². The van der Waals surface area contributed by atoms with Crippen LogP contribution in [0.2, 0.25) is 0 Å². The SMILES string of the molecule is CCC(C)(C)NC(=O)CCCN1C(=O)NC(C)(C)C1=O. The van der Waals surface area contributed by atoms with E-state index in [4.69, 9.17) is 0 Å². The van der Waals surface area contributed by atoms with E-state index in [2.05, 4.69) is 10.6 Å². The molecule has 6 nitrogen and oxygen atoms in total. The molecule has 20 heavy (non-hydrogen) atoms. The molecular weight excluding hydrogens is 258 g/mol. The topological polar surface area (TPSA) is 78.5 Å². The Kier molecular flexibility index (Phi) is 4.78. The maximum atomic E-state index is 11.9. The standard InChI is InChI=1S/C14H25N3O3/c1-6-13(2,3)15-10(18)8-7-9-17-11(19)14(4,5)16-12(17)20/h6-9H2,1-5H3,(H,15,18)(H,16,20). The minimum Gasteiger partial charge on any atom is -0.351 e. The molecule has 4 amide bonds. The fourth-order valence-corrected chi connectivity index (χ4v) is 1.95. The largest absolute Gasteiger partial charge is 0.351 e. The molecule has 1 fully saturated rings. The number of nitrogens with one attached hydrogen (secondary N) is 2. The van der Waals surface area contributed by atoms with Crippen LogP contribution in [0.1, 0.15) is 53.9 Å². The van der Waals surface area contributed by atoms with Gasteiger partial charge in [0.1, 0.15) is 5.54 Å². The second-order valence-corrected chi connectivity index (χ2v) is 6.40. The van der Waals surface area contributed by atoms with Crippen LogP contribution < -0.4 is 10.6 Å². The van der Waals surface area contributed by atoms with Gasteiger partial charge in [-0.3, -0.25) is 14.5 Å². The van der Waals surface area contributed by atoms with Crippen LogP contribution in [0.5, 0.6) is 0 Å². The number of carbonyl (C=O) groups is 3. The van der Waals surface area contributed by atoms with E-state index >= 15 is 0 Å². The third kappa shape index (κ3) is 3.95. The number of hydrogen-bond acceptors (Lipinski definition) is 3. The van der Waals surface area contributed by atoms with Crippen molar-refractivity contribution >= 4 is 17.8 Å². The second kappa shape index (κ2) is 5.81. The van der Waals surface area contributed by atoms with Gasteiger partial charge in [-0.2, -0.15) is 0 Å². The van der Waals surface area contributed by atoms with Crippen LogP contribution in [0.15, 0.2) is 0 Å². The van der Waals surface area contributed by atoms with Crippen LogP contribution in [0.3, 0.4) is 0 Å². The molecule has 0 aromatic rings. The Morgan fingerprint density at radius 1 is 1.35 bits per heavy atom. The summed E-state index contributed by atoms with van der Waals surface area (Å²) in [6.45, 7) is 9.55. The maximum Gasteiger partial charge on any atom is 0.325 e. The van der Waals surface area contributed by atoms with Crippen molar-refractivity contribution in [3.63, 3.8) is 0 Å². The molecule has 1 aliphatic heterocycles. The van der Waals surface area contributed by atoms with Gasteiger partial charge in [0.25, 0.3) is 5.91 Å². The quantitative estimate of drug-likeness (QED) is 0.723. The Morgan fingerprint density at radius 2 is 1.95 bits per heavy atom. The van der Waals surface area contributed by atoms with E-state index < -0.39 is 5.54 Å². The first kappa shape index (κ1) is 16.5. The zero-order valence-corrected chi connectivity index (χ0v) is 13.0. The Balaban J connectivity index is 2.40. The van der Waals surface area contributed by atoms with Crippen LogP contribution in [0, 0.1) is 0 Å². The molecule has 0 aliphatic carbocycles. The number of hydrogen-bond donors (Lipinski definition) is 2. The van der Waals surface area contributed by atoms with Gasteiger partial charge in [0, 0.05) is 18.5 Å². The maximum absolute atomic E-state index is 11.9. The first-order chi connectivity index (χ1) is 9.09. The van der Waals surface area contributed by atoms with E-state index in [0.717, 1.165) is 6.42 Å². The van der Waals surface area contributed by atoms with E-state index in [1.54, 1.807) is 13.8 Å². The number of rotatable bonds is 6. The summed E-state index contributed by atoms with van der Waals surface area (Å²) in [4.78, 5) is 36.5. The van der Waals surface area contributed by atoms with Gasteiger partial charge in [-0.1, -0.05) is 6.92 Å². The summed E-state index contributed by atoms with van der Waals surface area (Å²) in [5.74, 6) is -0.292. The predicted octanol–water partition coefficient (Wildman–Crippen LogP) is 1.40. The molecule has 0 radical (unpaired) electrons. The Hall–Kier alpha value is -1.59. The summed E-state index contributed by atoms with van der Waals surface area (Å²) >= 11 is 0. The monoisotopic (exact) mass is 283 g/mol. The van der Waals surface area contributed by atoms with Crippen molar-refractivity contribution < 1.29 is 14.4 Å². The highest BCUT2D eigenvalue weighted by atomic mass is 16.2. The number of imide groups is 1. The average Bonchev–Trinajstić information content (AvgIpc) is 2.50. The van der Waals surface area contributed by atoms with Crippen LogP contribution in [0.25, 0.3) is 0 Å². The molecule has 2 N–H and O–H groups in total. The highest BCUT2D eigenvalue weighted by Crippen LogP contribution is 2.17. The summed E-state index contributed by atoms with van der Waals surface area (Å²) in [6.07, 6.45) is 1.63. The Bertz CT molecular complexity index is 416. The molecule has 0 unspecified atom stereocenters. The number of nitrogens with zero attached hydrogens (tertiary/aromatic N) is 1. The van der Waals surface area contributed by atoms with E-state index in [1.807, 2.05) is 20.8 Å². The molecule has 1 heterocycles. The van der Waals surface area contributed by atoms with Crippen LogP contribution in [-0.2, 0) is 9.59 Å². The molecular formula is C14H25N3O3. The zero-order chi connectivity index (χ0) is 15.6. The average molecular weight is 283 g/mol. The highest BCUT2D eigenvalue weighted by molar-refractivity contribution is 6.06. The summed E-state index contributed by atoms with van der Waals surface area (Å²) in [7, 11) is 0. The molecule has 0 bridgehead atoms. The van der Waals surface area contributed by atoms with Crippen molar-refractivity contribution in [2.45, 2.75) is 65.0 Å². The smallest absolute Gasteiger partial charge is 0.325 e. The fourth-order valence-electron chi connectivity index (χ4n) is 1.95. The summed E-state index contributed by atoms with van der Waals surface area (Å²) in [6, 6.07) is -0.380. The number of urea groups is 1. The predicted molar refractivity (Wildman–Crippen MR) is 76.1 cm³/mol. The molecule has 1 aliphatic rings. The second-order valence-electron chi connectivity index (χ2n) is 6.40. The lowest BCUT2D eigenvalue weighted by atomic mass is 10.0. The van der Waals surface area contributed by atoms with Gasteiger partial charge in [0.15, 0.2) is 0 Å². The molecule has 6 heteroatoms. The van der Waals surface area contributed by atoms with Crippen molar-refractivity contribution in [3.8, 4) is 0 Å². The minimum atomic E-state index is -0.844. The van der Waals surface area contributed by atoms with Gasteiger partial charge in [0.05, 0.1) is 0 Å². The molecule has 114 valence electrons. The van der Waals surface area contributed by atoms with Gasteiger partial charge in [-0.25, -0.2) is 4.79 Å². The van der Waals surface area contributed by atoms with Crippen LogP contribution >= 0.6 is 0 Å². The summed E-state index contributed by atoms with van der Waals surface area (Å²) < 4.78 is 0. The molecule has 0 aromatic heterocycles. The molecule has 1 saturated heterocycles.